The van der Waals surface area contributed by atoms with Crippen molar-refractivity contribution in [3.8, 4) is 0 Å². The molecule has 7 rings (SSSR count). The number of hydrogen-bond acceptors (Lipinski definition) is 7. The normalized spacial score (nSPS) is 33.0. The smallest absolute Gasteiger partial charge is 0.456 e. The molecule has 0 radical (unpaired) electrons. The van der Waals surface area contributed by atoms with Crippen LogP contribution in [0.15, 0.2) is 59.7 Å². The Labute approximate surface area is 309 Å². The zero-order chi connectivity index (χ0) is 39.1. The van der Waals surface area contributed by atoms with Crippen molar-refractivity contribution in [2.45, 2.75) is 114 Å². The topological polar surface area (TPSA) is 135 Å². The summed E-state index contributed by atoms with van der Waals surface area (Å²) in [6.45, 7) is 6.17. The molecule has 5 aliphatic rings. The van der Waals surface area contributed by atoms with Crippen LogP contribution >= 0.6 is 0 Å². The first-order valence-corrected chi connectivity index (χ1v) is 18.4. The lowest BCUT2D eigenvalue weighted by atomic mass is 9.49. The fourth-order valence-corrected chi connectivity index (χ4v) is 10.2. The second-order valence-corrected chi connectivity index (χ2v) is 17.0. The minimum atomic E-state index is -5.96. The number of rotatable bonds is 6. The molecular weight excluding hydrogens is 717 g/mol. The number of anilines is 1. The number of carbonyl (C=O) groups excluding carboxylic acids is 1. The molecule has 1 aliphatic heterocycles. The summed E-state index contributed by atoms with van der Waals surface area (Å²) in [5.74, 6) is -9.27. The first kappa shape index (κ1) is 38.7. The summed E-state index contributed by atoms with van der Waals surface area (Å²) in [4.78, 5) is 23.6. The Hall–Kier alpha value is -3.59. The van der Waals surface area contributed by atoms with E-state index in [1.54, 1.807) is 24.3 Å². The van der Waals surface area contributed by atoms with E-state index in [0.717, 1.165) is 11.1 Å². The third-order valence-electron chi connectivity index (χ3n) is 13.0. The van der Waals surface area contributed by atoms with Gasteiger partial charge >= 0.3 is 24.2 Å². The molecule has 1 amide bonds. The number of benzene rings is 2. The van der Waals surface area contributed by atoms with Crippen LogP contribution in [-0.4, -0.2) is 69.7 Å². The Morgan fingerprint density at radius 1 is 0.907 bits per heavy atom. The fourth-order valence-electron chi connectivity index (χ4n) is 10.2. The largest absolute Gasteiger partial charge is 0.478 e. The predicted molar refractivity (Wildman–Crippen MR) is 185 cm³/mol. The summed E-state index contributed by atoms with van der Waals surface area (Å²) in [5.41, 5.74) is -3.53. The van der Waals surface area contributed by atoms with Crippen molar-refractivity contribution in [3.63, 3.8) is 0 Å². The van der Waals surface area contributed by atoms with E-state index in [-0.39, 0.29) is 43.3 Å². The molecule has 14 heteroatoms. The van der Waals surface area contributed by atoms with Crippen molar-refractivity contribution in [2.24, 2.45) is 22.7 Å². The molecule has 1 spiro atoms. The van der Waals surface area contributed by atoms with Gasteiger partial charge in [-0.2, -0.15) is 22.0 Å². The molecule has 1 saturated heterocycles. The highest BCUT2D eigenvalue weighted by molar-refractivity contribution is 5.89. The summed E-state index contributed by atoms with van der Waals surface area (Å²) in [6.07, 6.45) is -6.06. The SMILES string of the molecule is CC1(C)COC2(CCC3=C4[C@@H](CC[C@@]3(O)C2)[C@@H]2CC[C@@](O)(C(F)(F)C(F)(F)F)[C@@]2(C)C[C@@H]4c2ccc(COC(=O)Nc3ccc(C(=O)O)cc3)cc2)OC1. The number of carboxylic acid groups (broad SMARTS) is 1. The molecule has 0 aromatic heterocycles. The molecule has 2 aromatic rings. The third-order valence-corrected chi connectivity index (χ3v) is 13.0. The van der Waals surface area contributed by atoms with Crippen LogP contribution in [0, 0.1) is 22.7 Å². The Kier molecular flexibility index (Phi) is 9.30. The van der Waals surface area contributed by atoms with Gasteiger partial charge in [0.05, 0.1) is 24.4 Å². The first-order chi connectivity index (χ1) is 25.1. The lowest BCUT2D eigenvalue weighted by Gasteiger charge is -2.59. The Balaban J connectivity index is 1.19. The zero-order valence-corrected chi connectivity index (χ0v) is 30.4. The maximum absolute atomic E-state index is 15.4. The molecule has 0 bridgehead atoms. The van der Waals surface area contributed by atoms with Crippen LogP contribution in [0.5, 0.6) is 0 Å². The molecule has 2 aromatic carbocycles. The number of carbonyl (C=O) groups is 2. The minimum Gasteiger partial charge on any atom is -0.478 e. The number of aliphatic hydroxyl groups is 2. The van der Waals surface area contributed by atoms with Gasteiger partial charge < -0.3 is 29.5 Å². The Bertz CT molecular complexity index is 1820. The number of fused-ring (bicyclic) bond motifs is 4. The van der Waals surface area contributed by atoms with E-state index in [2.05, 4.69) is 5.32 Å². The van der Waals surface area contributed by atoms with Crippen LogP contribution in [0.1, 0.15) is 99.5 Å². The van der Waals surface area contributed by atoms with Gasteiger partial charge in [-0.15, -0.1) is 0 Å². The summed E-state index contributed by atoms with van der Waals surface area (Å²) in [6, 6.07) is 12.3. The van der Waals surface area contributed by atoms with E-state index in [1.807, 2.05) is 13.8 Å². The summed E-state index contributed by atoms with van der Waals surface area (Å²) in [5, 5.41) is 35.6. The molecule has 4 aliphatic carbocycles. The van der Waals surface area contributed by atoms with Gasteiger partial charge in [0, 0.05) is 35.3 Å². The van der Waals surface area contributed by atoms with Gasteiger partial charge in [-0.25, -0.2) is 9.59 Å². The average molecular weight is 764 g/mol. The Morgan fingerprint density at radius 3 is 2.17 bits per heavy atom. The molecule has 1 heterocycles. The van der Waals surface area contributed by atoms with E-state index in [0.29, 0.717) is 49.3 Å². The van der Waals surface area contributed by atoms with E-state index in [1.165, 1.54) is 31.2 Å². The van der Waals surface area contributed by atoms with Crippen LogP contribution in [0.2, 0.25) is 0 Å². The summed E-state index contributed by atoms with van der Waals surface area (Å²) < 4.78 is 90.8. The number of alkyl halides is 5. The van der Waals surface area contributed by atoms with Crippen LogP contribution in [-0.2, 0) is 20.8 Å². The number of carboxylic acids is 1. The highest BCUT2D eigenvalue weighted by atomic mass is 19.4. The van der Waals surface area contributed by atoms with Crippen molar-refractivity contribution < 1.29 is 61.1 Å². The quantitative estimate of drug-likeness (QED) is 0.170. The molecule has 294 valence electrons. The second kappa shape index (κ2) is 13.0. The molecule has 54 heavy (non-hydrogen) atoms. The van der Waals surface area contributed by atoms with Crippen LogP contribution < -0.4 is 5.32 Å². The number of aromatic carboxylic acids is 1. The van der Waals surface area contributed by atoms with Gasteiger partial charge in [-0.3, -0.25) is 5.32 Å². The van der Waals surface area contributed by atoms with E-state index < -0.39 is 70.7 Å². The van der Waals surface area contributed by atoms with Gasteiger partial charge in [-0.05, 0) is 91.3 Å². The molecular formula is C40H46F5NO8. The zero-order valence-electron chi connectivity index (χ0n) is 30.4. The Morgan fingerprint density at radius 2 is 1.56 bits per heavy atom. The maximum Gasteiger partial charge on any atom is 0.456 e. The van der Waals surface area contributed by atoms with Crippen LogP contribution in [0.3, 0.4) is 0 Å². The van der Waals surface area contributed by atoms with Crippen LogP contribution in [0.4, 0.5) is 32.4 Å². The van der Waals surface area contributed by atoms with Crippen molar-refractivity contribution in [2.75, 3.05) is 18.5 Å². The standard InChI is InChI=1S/C40H46F5NO8/c1-34(2)21-53-37(54-22-34)16-13-30-31-27(12-15-36(30,50)20-37)29-14-17-38(51,39(41,42)40(43,44)45)35(29,3)18-28(31)24-6-4-23(5-7-24)19-52-33(49)46-26-10-8-25(9-11-26)32(47)48/h4-11,27-29,50-51H,12-22H2,1-3H3,(H,46,49)(H,47,48)/t27-,28+,29-,35-,36+,38-/m0/s1. The third kappa shape index (κ3) is 6.30. The molecule has 4 N–H and O–H groups in total. The fraction of sp³-hybridized carbons (Fsp3) is 0.600. The van der Waals surface area contributed by atoms with Gasteiger partial charge in [-0.1, -0.05) is 50.6 Å². The number of allylic oxidation sites excluding steroid dienone is 1. The second-order valence-electron chi connectivity index (χ2n) is 17.0. The van der Waals surface area contributed by atoms with Gasteiger partial charge in [0.25, 0.3) is 0 Å². The van der Waals surface area contributed by atoms with Crippen molar-refractivity contribution >= 4 is 17.7 Å². The van der Waals surface area contributed by atoms with Crippen molar-refractivity contribution in [3.05, 3.63) is 76.4 Å². The number of amides is 1. The van der Waals surface area contributed by atoms with Gasteiger partial charge in [0.15, 0.2) is 5.79 Å². The number of halogens is 5. The number of hydrogen-bond donors (Lipinski definition) is 4. The molecule has 6 atom stereocenters. The first-order valence-electron chi connectivity index (χ1n) is 18.4. The van der Waals surface area contributed by atoms with Gasteiger partial charge in [0.1, 0.15) is 12.2 Å². The van der Waals surface area contributed by atoms with Crippen LogP contribution in [0.25, 0.3) is 0 Å². The minimum absolute atomic E-state index is 0.0153. The molecule has 9 nitrogen and oxygen atoms in total. The highest BCUT2D eigenvalue weighted by Gasteiger charge is 2.79. The summed E-state index contributed by atoms with van der Waals surface area (Å²) >= 11 is 0. The van der Waals surface area contributed by atoms with Crippen molar-refractivity contribution in [1.29, 1.82) is 0 Å². The highest BCUT2D eigenvalue weighted by Crippen LogP contribution is 2.71. The lowest BCUT2D eigenvalue weighted by molar-refractivity contribution is -0.362. The van der Waals surface area contributed by atoms with Crippen molar-refractivity contribution in [1.82, 2.24) is 0 Å². The summed E-state index contributed by atoms with van der Waals surface area (Å²) in [7, 11) is 0. The predicted octanol–water partition coefficient (Wildman–Crippen LogP) is 8.36. The molecule has 0 unspecified atom stereocenters. The average Bonchev–Trinajstić information content (AvgIpc) is 3.39. The monoisotopic (exact) mass is 763 g/mol. The lowest BCUT2D eigenvalue weighted by Crippen LogP contribution is -2.65. The molecule has 4 fully saturated rings. The maximum atomic E-state index is 15.4. The van der Waals surface area contributed by atoms with E-state index in [9.17, 15) is 33.0 Å². The number of nitrogens with one attached hydrogen (secondary N) is 1. The molecule has 3 saturated carbocycles. The van der Waals surface area contributed by atoms with E-state index in [4.69, 9.17) is 19.3 Å². The number of ether oxygens (including phenoxy) is 3. The van der Waals surface area contributed by atoms with E-state index >= 15 is 8.78 Å². The van der Waals surface area contributed by atoms with Gasteiger partial charge in [0.2, 0.25) is 0 Å².